The molecule has 82 valence electrons. The van der Waals surface area contributed by atoms with Crippen molar-refractivity contribution < 1.29 is 0 Å². The van der Waals surface area contributed by atoms with Crippen molar-refractivity contribution in [3.8, 4) is 0 Å². The molecule has 1 heteroatoms. The summed E-state index contributed by atoms with van der Waals surface area (Å²) in [6.07, 6.45) is 4.89. The standard InChI is InChI=1S/C14H20S/c1-10(2)12-9-11(14(3)7-8-14)5-6-13(12)15-4/h5-6,9-10H,7-8H2,1-4H3. The fourth-order valence-corrected chi connectivity index (χ4v) is 2.77. The molecule has 0 unspecified atom stereocenters. The van der Waals surface area contributed by atoms with Crippen LogP contribution in [0.2, 0.25) is 0 Å². The Morgan fingerprint density at radius 3 is 2.40 bits per heavy atom. The van der Waals surface area contributed by atoms with Crippen LogP contribution in [0.1, 0.15) is 50.7 Å². The van der Waals surface area contributed by atoms with Crippen molar-refractivity contribution in [2.24, 2.45) is 0 Å². The largest absolute Gasteiger partial charge is 0.129 e. The lowest BCUT2D eigenvalue weighted by Crippen LogP contribution is -2.02. The van der Waals surface area contributed by atoms with Crippen molar-refractivity contribution in [2.45, 2.75) is 49.8 Å². The predicted molar refractivity (Wildman–Crippen MR) is 68.9 cm³/mol. The zero-order valence-corrected chi connectivity index (χ0v) is 10.9. The van der Waals surface area contributed by atoms with Gasteiger partial charge in [0.05, 0.1) is 0 Å². The topological polar surface area (TPSA) is 0 Å². The number of benzene rings is 1. The van der Waals surface area contributed by atoms with E-state index < -0.39 is 0 Å². The third kappa shape index (κ3) is 2.08. The summed E-state index contributed by atoms with van der Waals surface area (Å²) < 4.78 is 0. The smallest absolute Gasteiger partial charge is 0.0104 e. The van der Waals surface area contributed by atoms with E-state index in [1.54, 1.807) is 5.56 Å². The van der Waals surface area contributed by atoms with E-state index in [4.69, 9.17) is 0 Å². The Kier molecular flexibility index (Phi) is 2.85. The molecule has 0 saturated heterocycles. The maximum atomic E-state index is 2.43. The van der Waals surface area contributed by atoms with Crippen molar-refractivity contribution in [1.82, 2.24) is 0 Å². The molecular formula is C14H20S. The van der Waals surface area contributed by atoms with E-state index in [1.165, 1.54) is 23.3 Å². The Morgan fingerprint density at radius 1 is 1.27 bits per heavy atom. The molecule has 0 N–H and O–H groups in total. The zero-order chi connectivity index (χ0) is 11.1. The Hall–Kier alpha value is -0.430. The monoisotopic (exact) mass is 220 g/mol. The minimum absolute atomic E-state index is 0.501. The first-order valence-electron chi connectivity index (χ1n) is 5.75. The molecule has 0 radical (unpaired) electrons. The molecule has 2 rings (SSSR count). The van der Waals surface area contributed by atoms with Crippen LogP contribution in [-0.2, 0) is 5.41 Å². The van der Waals surface area contributed by atoms with Gasteiger partial charge in [0.25, 0.3) is 0 Å². The van der Waals surface area contributed by atoms with Crippen molar-refractivity contribution in [2.75, 3.05) is 6.26 Å². The molecule has 1 aromatic carbocycles. The van der Waals surface area contributed by atoms with Gasteiger partial charge in [-0.3, -0.25) is 0 Å². The van der Waals surface area contributed by atoms with Crippen LogP contribution >= 0.6 is 11.8 Å². The predicted octanol–water partition coefficient (Wildman–Crippen LogP) is 4.58. The lowest BCUT2D eigenvalue weighted by molar-refractivity contribution is 0.770. The van der Waals surface area contributed by atoms with Gasteiger partial charge in [-0.15, -0.1) is 11.8 Å². The SMILES string of the molecule is CSc1ccc(C2(C)CC2)cc1C(C)C. The minimum atomic E-state index is 0.501. The van der Waals surface area contributed by atoms with E-state index in [9.17, 15) is 0 Å². The number of thioether (sulfide) groups is 1. The molecule has 1 aliphatic carbocycles. The van der Waals surface area contributed by atoms with Gasteiger partial charge in [-0.05, 0) is 47.6 Å². The fourth-order valence-electron chi connectivity index (χ4n) is 2.04. The van der Waals surface area contributed by atoms with Crippen LogP contribution in [0, 0.1) is 0 Å². The first-order chi connectivity index (χ1) is 7.07. The zero-order valence-electron chi connectivity index (χ0n) is 10.1. The number of rotatable bonds is 3. The molecule has 0 bridgehead atoms. The summed E-state index contributed by atoms with van der Waals surface area (Å²) in [5.74, 6) is 0.634. The van der Waals surface area contributed by atoms with E-state index >= 15 is 0 Å². The van der Waals surface area contributed by atoms with Gasteiger partial charge in [-0.25, -0.2) is 0 Å². The first kappa shape index (κ1) is 11.1. The summed E-state index contributed by atoms with van der Waals surface area (Å²) in [5.41, 5.74) is 3.57. The van der Waals surface area contributed by atoms with Crippen LogP contribution in [0.25, 0.3) is 0 Å². The second-order valence-corrected chi connectivity index (χ2v) is 6.02. The maximum absolute atomic E-state index is 2.43. The normalized spacial score (nSPS) is 18.2. The molecule has 0 spiro atoms. The number of hydrogen-bond donors (Lipinski definition) is 0. The summed E-state index contributed by atoms with van der Waals surface area (Å²) in [6.45, 7) is 6.95. The molecule has 0 heterocycles. The lowest BCUT2D eigenvalue weighted by Gasteiger charge is -2.16. The van der Waals surface area contributed by atoms with Crippen LogP contribution in [0.5, 0.6) is 0 Å². The van der Waals surface area contributed by atoms with Gasteiger partial charge in [0.2, 0.25) is 0 Å². The summed E-state index contributed by atoms with van der Waals surface area (Å²) in [7, 11) is 0. The van der Waals surface area contributed by atoms with E-state index in [0.717, 1.165) is 0 Å². The second kappa shape index (κ2) is 3.86. The lowest BCUT2D eigenvalue weighted by atomic mass is 9.93. The average Bonchev–Trinajstić information content (AvgIpc) is 2.96. The van der Waals surface area contributed by atoms with E-state index in [2.05, 4.69) is 45.2 Å². The van der Waals surface area contributed by atoms with E-state index in [-0.39, 0.29) is 0 Å². The van der Waals surface area contributed by atoms with Crippen LogP contribution < -0.4 is 0 Å². The molecule has 0 amide bonds. The summed E-state index contributed by atoms with van der Waals surface area (Å²) in [5, 5.41) is 0. The van der Waals surface area contributed by atoms with Crippen LogP contribution in [0.15, 0.2) is 23.1 Å². The molecule has 1 fully saturated rings. The molecule has 1 aliphatic rings. The highest BCUT2D eigenvalue weighted by Crippen LogP contribution is 2.48. The molecule has 0 aromatic heterocycles. The Bertz CT molecular complexity index is 362. The fraction of sp³-hybridized carbons (Fsp3) is 0.571. The quantitative estimate of drug-likeness (QED) is 0.672. The molecule has 15 heavy (non-hydrogen) atoms. The van der Waals surface area contributed by atoms with Gasteiger partial charge in [0.1, 0.15) is 0 Å². The van der Waals surface area contributed by atoms with Gasteiger partial charge in [0.15, 0.2) is 0 Å². The van der Waals surface area contributed by atoms with Gasteiger partial charge >= 0.3 is 0 Å². The highest BCUT2D eigenvalue weighted by molar-refractivity contribution is 7.98. The number of hydrogen-bond acceptors (Lipinski definition) is 1. The third-order valence-corrected chi connectivity index (χ3v) is 4.36. The van der Waals surface area contributed by atoms with Gasteiger partial charge < -0.3 is 0 Å². The summed E-state index contributed by atoms with van der Waals surface area (Å²) >= 11 is 1.86. The van der Waals surface area contributed by atoms with Crippen molar-refractivity contribution in [3.05, 3.63) is 29.3 Å². The molecule has 0 aliphatic heterocycles. The maximum Gasteiger partial charge on any atom is 0.0104 e. The molecule has 0 atom stereocenters. The Labute approximate surface area is 97.5 Å². The van der Waals surface area contributed by atoms with Gasteiger partial charge in [-0.1, -0.05) is 32.9 Å². The van der Waals surface area contributed by atoms with Gasteiger partial charge in [0, 0.05) is 4.90 Å². The van der Waals surface area contributed by atoms with Crippen molar-refractivity contribution in [3.63, 3.8) is 0 Å². The highest BCUT2D eigenvalue weighted by Gasteiger charge is 2.39. The van der Waals surface area contributed by atoms with E-state index in [1.807, 2.05) is 11.8 Å². The van der Waals surface area contributed by atoms with Crippen molar-refractivity contribution in [1.29, 1.82) is 0 Å². The molecule has 0 nitrogen and oxygen atoms in total. The molecule has 1 aromatic rings. The Balaban J connectivity index is 2.41. The third-order valence-electron chi connectivity index (χ3n) is 3.55. The molecular weight excluding hydrogens is 200 g/mol. The van der Waals surface area contributed by atoms with Gasteiger partial charge in [-0.2, -0.15) is 0 Å². The first-order valence-corrected chi connectivity index (χ1v) is 6.98. The summed E-state index contributed by atoms with van der Waals surface area (Å²) in [6, 6.07) is 7.06. The van der Waals surface area contributed by atoms with Crippen LogP contribution in [0.4, 0.5) is 0 Å². The highest BCUT2D eigenvalue weighted by atomic mass is 32.2. The Morgan fingerprint density at radius 2 is 1.93 bits per heavy atom. The average molecular weight is 220 g/mol. The van der Waals surface area contributed by atoms with Crippen molar-refractivity contribution >= 4 is 11.8 Å². The second-order valence-electron chi connectivity index (χ2n) is 5.17. The minimum Gasteiger partial charge on any atom is -0.129 e. The van der Waals surface area contributed by atoms with E-state index in [0.29, 0.717) is 11.3 Å². The molecule has 1 saturated carbocycles. The van der Waals surface area contributed by atoms with Crippen LogP contribution in [-0.4, -0.2) is 6.26 Å². The van der Waals surface area contributed by atoms with Crippen LogP contribution in [0.3, 0.4) is 0 Å². The summed E-state index contributed by atoms with van der Waals surface area (Å²) in [4.78, 5) is 1.44.